The Bertz CT molecular complexity index is 692. The number of benzene rings is 1. The Kier molecular flexibility index (Phi) is 3.62. The van der Waals surface area contributed by atoms with Crippen molar-refractivity contribution in [2.45, 2.75) is 19.1 Å². The molecule has 0 saturated heterocycles. The minimum absolute atomic E-state index is 0.0571. The predicted molar refractivity (Wildman–Crippen MR) is 73.8 cm³/mol. The molecule has 0 spiro atoms. The summed E-state index contributed by atoms with van der Waals surface area (Å²) >= 11 is 0. The van der Waals surface area contributed by atoms with Crippen molar-refractivity contribution in [3.8, 4) is 11.5 Å². The highest BCUT2D eigenvalue weighted by Crippen LogP contribution is 2.42. The predicted octanol–water partition coefficient (Wildman–Crippen LogP) is 2.97. The van der Waals surface area contributed by atoms with E-state index in [0.717, 1.165) is 5.56 Å². The largest absolute Gasteiger partial charge is 0.586 e. The summed E-state index contributed by atoms with van der Waals surface area (Å²) in [5.74, 6) is -0.386. The SMILES string of the molecule is O=C(CCc1cccnc1)Nc1ccc2c(c1)OC(F)(F)O2. The molecule has 1 aliphatic rings. The van der Waals surface area contributed by atoms with Crippen molar-refractivity contribution in [3.63, 3.8) is 0 Å². The minimum atomic E-state index is -3.66. The van der Waals surface area contributed by atoms with Gasteiger partial charge in [0.1, 0.15) is 0 Å². The molecule has 1 aliphatic heterocycles. The van der Waals surface area contributed by atoms with Gasteiger partial charge < -0.3 is 14.8 Å². The zero-order valence-electron chi connectivity index (χ0n) is 11.4. The van der Waals surface area contributed by atoms with Crippen LogP contribution in [0.2, 0.25) is 0 Å². The number of carbonyl (C=O) groups is 1. The fourth-order valence-electron chi connectivity index (χ4n) is 2.05. The van der Waals surface area contributed by atoms with Crippen molar-refractivity contribution in [2.75, 3.05) is 5.32 Å². The molecule has 0 radical (unpaired) electrons. The molecule has 1 amide bonds. The summed E-state index contributed by atoms with van der Waals surface area (Å²) in [5, 5.41) is 2.63. The first-order valence-electron chi connectivity index (χ1n) is 6.60. The van der Waals surface area contributed by atoms with Gasteiger partial charge in [-0.3, -0.25) is 9.78 Å². The van der Waals surface area contributed by atoms with Gasteiger partial charge in [-0.15, -0.1) is 8.78 Å². The van der Waals surface area contributed by atoms with E-state index in [1.807, 2.05) is 6.07 Å². The van der Waals surface area contributed by atoms with Crippen LogP contribution in [0.5, 0.6) is 11.5 Å². The maximum absolute atomic E-state index is 12.9. The number of carbonyl (C=O) groups excluding carboxylic acids is 1. The van der Waals surface area contributed by atoms with Crippen LogP contribution < -0.4 is 14.8 Å². The lowest BCUT2D eigenvalue weighted by atomic mass is 10.1. The van der Waals surface area contributed by atoms with Crippen molar-refractivity contribution >= 4 is 11.6 Å². The average Bonchev–Trinajstić information content (AvgIpc) is 2.79. The molecule has 0 atom stereocenters. The summed E-state index contributed by atoms with van der Waals surface area (Å²) in [6, 6.07) is 7.78. The van der Waals surface area contributed by atoms with Gasteiger partial charge in [-0.25, -0.2) is 0 Å². The number of nitrogens with zero attached hydrogens (tertiary/aromatic N) is 1. The van der Waals surface area contributed by atoms with E-state index in [9.17, 15) is 13.6 Å². The second-order valence-corrected chi connectivity index (χ2v) is 4.74. The lowest BCUT2D eigenvalue weighted by molar-refractivity contribution is -0.286. The Morgan fingerprint density at radius 2 is 2.05 bits per heavy atom. The van der Waals surface area contributed by atoms with Crippen molar-refractivity contribution in [3.05, 3.63) is 48.3 Å². The summed E-state index contributed by atoms with van der Waals surface area (Å²) in [7, 11) is 0. The lowest BCUT2D eigenvalue weighted by Crippen LogP contribution is -2.25. The molecule has 22 heavy (non-hydrogen) atoms. The van der Waals surface area contributed by atoms with E-state index >= 15 is 0 Å². The molecule has 5 nitrogen and oxygen atoms in total. The molecular formula is C15H12F2N2O3. The first-order chi connectivity index (χ1) is 10.5. The third kappa shape index (κ3) is 3.30. The second-order valence-electron chi connectivity index (χ2n) is 4.74. The Labute approximate surface area is 124 Å². The third-order valence-electron chi connectivity index (χ3n) is 3.05. The molecule has 3 rings (SSSR count). The Morgan fingerprint density at radius 1 is 1.23 bits per heavy atom. The van der Waals surface area contributed by atoms with Crippen LogP contribution in [0, 0.1) is 0 Å². The van der Waals surface area contributed by atoms with Gasteiger partial charge in [0.25, 0.3) is 0 Å². The van der Waals surface area contributed by atoms with E-state index in [4.69, 9.17) is 0 Å². The number of halogens is 2. The van der Waals surface area contributed by atoms with Crippen LogP contribution in [-0.2, 0) is 11.2 Å². The van der Waals surface area contributed by atoms with E-state index in [2.05, 4.69) is 19.8 Å². The number of pyridine rings is 1. The van der Waals surface area contributed by atoms with Crippen LogP contribution in [0.4, 0.5) is 14.5 Å². The molecule has 0 aliphatic carbocycles. The number of aryl methyl sites for hydroxylation is 1. The summed E-state index contributed by atoms with van der Waals surface area (Å²) in [4.78, 5) is 15.8. The van der Waals surface area contributed by atoms with Crippen LogP contribution in [-0.4, -0.2) is 17.2 Å². The molecule has 0 bridgehead atoms. The van der Waals surface area contributed by atoms with Gasteiger partial charge in [0.15, 0.2) is 11.5 Å². The number of anilines is 1. The first kappa shape index (κ1) is 14.2. The molecule has 1 aromatic carbocycles. The number of amides is 1. The second kappa shape index (κ2) is 5.59. The lowest BCUT2D eigenvalue weighted by Gasteiger charge is -2.06. The number of alkyl halides is 2. The maximum atomic E-state index is 12.9. The van der Waals surface area contributed by atoms with Crippen LogP contribution in [0.1, 0.15) is 12.0 Å². The summed E-state index contributed by atoms with van der Waals surface area (Å²) in [6.45, 7) is 0. The van der Waals surface area contributed by atoms with Crippen molar-refractivity contribution in [2.24, 2.45) is 0 Å². The van der Waals surface area contributed by atoms with Crippen molar-refractivity contribution in [1.29, 1.82) is 0 Å². The van der Waals surface area contributed by atoms with Gasteiger partial charge in [0, 0.05) is 30.6 Å². The highest BCUT2D eigenvalue weighted by atomic mass is 19.3. The molecule has 0 saturated carbocycles. The van der Waals surface area contributed by atoms with Crippen molar-refractivity contribution < 1.29 is 23.0 Å². The number of fused-ring (bicyclic) bond motifs is 1. The summed E-state index contributed by atoms with van der Waals surface area (Å²) in [5.41, 5.74) is 1.32. The molecule has 2 heterocycles. The smallest absolute Gasteiger partial charge is 0.395 e. The van der Waals surface area contributed by atoms with Crippen molar-refractivity contribution in [1.82, 2.24) is 4.98 Å². The molecule has 114 valence electrons. The molecular weight excluding hydrogens is 294 g/mol. The normalized spacial score (nSPS) is 14.6. The maximum Gasteiger partial charge on any atom is 0.586 e. The van der Waals surface area contributed by atoms with Gasteiger partial charge in [-0.05, 0) is 30.2 Å². The number of aromatic nitrogens is 1. The van der Waals surface area contributed by atoms with Gasteiger partial charge in [0.05, 0.1) is 0 Å². The third-order valence-corrected chi connectivity index (χ3v) is 3.05. The summed E-state index contributed by atoms with van der Waals surface area (Å²) in [6.07, 6.45) is 0.492. The standard InChI is InChI=1S/C15H12F2N2O3/c16-15(17)21-12-5-4-11(8-13(12)22-15)19-14(20)6-3-10-2-1-7-18-9-10/h1-2,4-5,7-9H,3,6H2,(H,19,20). The minimum Gasteiger partial charge on any atom is -0.395 e. The average molecular weight is 306 g/mol. The molecule has 2 aromatic rings. The van der Waals surface area contributed by atoms with E-state index < -0.39 is 6.29 Å². The monoisotopic (exact) mass is 306 g/mol. The number of nitrogens with one attached hydrogen (secondary N) is 1. The molecule has 7 heteroatoms. The molecule has 0 fully saturated rings. The zero-order chi connectivity index (χ0) is 15.6. The van der Waals surface area contributed by atoms with E-state index in [0.29, 0.717) is 12.1 Å². The van der Waals surface area contributed by atoms with E-state index in [1.54, 1.807) is 18.5 Å². The highest BCUT2D eigenvalue weighted by Gasteiger charge is 2.43. The molecule has 1 N–H and O–H groups in total. The Hall–Kier alpha value is -2.70. The summed E-state index contributed by atoms with van der Waals surface area (Å²) < 4.78 is 34.4. The zero-order valence-corrected chi connectivity index (χ0v) is 11.4. The first-order valence-corrected chi connectivity index (χ1v) is 6.60. The Morgan fingerprint density at radius 3 is 2.82 bits per heavy atom. The number of hydrogen-bond acceptors (Lipinski definition) is 4. The van der Waals surface area contributed by atoms with Crippen LogP contribution in [0.15, 0.2) is 42.7 Å². The van der Waals surface area contributed by atoms with Gasteiger partial charge in [-0.2, -0.15) is 0 Å². The van der Waals surface area contributed by atoms with E-state index in [1.165, 1.54) is 18.2 Å². The number of rotatable bonds is 4. The van der Waals surface area contributed by atoms with Crippen LogP contribution in [0.3, 0.4) is 0 Å². The fourth-order valence-corrected chi connectivity index (χ4v) is 2.05. The number of hydrogen-bond donors (Lipinski definition) is 1. The van der Waals surface area contributed by atoms with Gasteiger partial charge in [-0.1, -0.05) is 6.07 Å². The fraction of sp³-hybridized carbons (Fsp3) is 0.200. The molecule has 0 unspecified atom stereocenters. The van der Waals surface area contributed by atoms with Gasteiger partial charge >= 0.3 is 6.29 Å². The number of ether oxygens (including phenoxy) is 2. The topological polar surface area (TPSA) is 60.5 Å². The van der Waals surface area contributed by atoms with Crippen LogP contribution >= 0.6 is 0 Å². The van der Waals surface area contributed by atoms with Crippen LogP contribution in [0.25, 0.3) is 0 Å². The highest BCUT2D eigenvalue weighted by molar-refractivity contribution is 5.91. The molecule has 1 aromatic heterocycles. The van der Waals surface area contributed by atoms with Gasteiger partial charge in [0.2, 0.25) is 5.91 Å². The quantitative estimate of drug-likeness (QED) is 0.943. The van der Waals surface area contributed by atoms with E-state index in [-0.39, 0.29) is 23.8 Å². The Balaban J connectivity index is 1.59.